The number of likely N-dealkylation sites (tertiary alicyclic amines) is 1. The Balaban J connectivity index is 2.25. The lowest BCUT2D eigenvalue weighted by Crippen LogP contribution is -2.51. The summed E-state index contributed by atoms with van der Waals surface area (Å²) in [6, 6.07) is 1.44. The smallest absolute Gasteiger partial charge is 0.271 e. The minimum absolute atomic E-state index is 0.0819. The molecule has 104 valence electrons. The van der Waals surface area contributed by atoms with Crippen LogP contribution in [0.1, 0.15) is 29.8 Å². The lowest BCUT2D eigenvalue weighted by molar-refractivity contribution is -0.126. The zero-order valence-corrected chi connectivity index (χ0v) is 12.7. The topological polar surface area (TPSA) is 54.3 Å². The van der Waals surface area contributed by atoms with E-state index in [0.29, 0.717) is 12.2 Å². The number of nitrogens with zero attached hydrogens (tertiary/aromatic N) is 2. The molecule has 1 saturated heterocycles. The summed E-state index contributed by atoms with van der Waals surface area (Å²) < 4.78 is 2.65. The largest absolute Gasteiger partial charge is 0.357 e. The van der Waals surface area contributed by atoms with Crippen molar-refractivity contribution in [1.29, 1.82) is 0 Å². The molecule has 1 atom stereocenters. The van der Waals surface area contributed by atoms with Crippen LogP contribution in [0.25, 0.3) is 0 Å². The fourth-order valence-corrected chi connectivity index (χ4v) is 3.02. The van der Waals surface area contributed by atoms with Gasteiger partial charge in [0.25, 0.3) is 5.91 Å². The monoisotopic (exact) mass is 327 g/mol. The second kappa shape index (κ2) is 5.77. The minimum Gasteiger partial charge on any atom is -0.357 e. The molecule has 1 aromatic rings. The maximum absolute atomic E-state index is 12.6. The van der Waals surface area contributed by atoms with Crippen LogP contribution in [0.2, 0.25) is 0 Å². The Labute approximate surface area is 121 Å². The zero-order valence-electron chi connectivity index (χ0n) is 11.1. The maximum atomic E-state index is 12.6. The van der Waals surface area contributed by atoms with Crippen LogP contribution in [0, 0.1) is 0 Å². The summed E-state index contributed by atoms with van der Waals surface area (Å²) in [5.74, 6) is -0.164. The fraction of sp³-hybridized carbons (Fsp3) is 0.538. The summed E-state index contributed by atoms with van der Waals surface area (Å²) in [5, 5.41) is 2.64. The summed E-state index contributed by atoms with van der Waals surface area (Å²) >= 11 is 3.36. The molecule has 2 amide bonds. The summed E-state index contributed by atoms with van der Waals surface area (Å²) in [6.45, 7) is 0.639. The molecule has 0 aromatic carbocycles. The number of piperidine rings is 1. The highest BCUT2D eigenvalue weighted by Crippen LogP contribution is 2.22. The molecule has 1 unspecified atom stereocenters. The Hall–Kier alpha value is -1.30. The van der Waals surface area contributed by atoms with Gasteiger partial charge < -0.3 is 14.8 Å². The molecule has 1 fully saturated rings. The van der Waals surface area contributed by atoms with Gasteiger partial charge in [-0.2, -0.15) is 0 Å². The second-order valence-electron chi connectivity index (χ2n) is 4.78. The molecule has 1 aliphatic rings. The molecule has 0 bridgehead atoms. The molecule has 0 spiro atoms. The van der Waals surface area contributed by atoms with Crippen LogP contribution in [-0.2, 0) is 11.8 Å². The van der Waals surface area contributed by atoms with Gasteiger partial charge in [0, 0.05) is 31.3 Å². The van der Waals surface area contributed by atoms with Crippen molar-refractivity contribution in [3.63, 3.8) is 0 Å². The third-order valence-corrected chi connectivity index (χ3v) is 3.94. The van der Waals surface area contributed by atoms with Crippen molar-refractivity contribution in [3.05, 3.63) is 22.4 Å². The van der Waals surface area contributed by atoms with E-state index in [2.05, 4.69) is 21.2 Å². The van der Waals surface area contributed by atoms with Crippen molar-refractivity contribution < 1.29 is 9.59 Å². The van der Waals surface area contributed by atoms with Crippen molar-refractivity contribution in [2.24, 2.45) is 7.05 Å². The van der Waals surface area contributed by atoms with Crippen LogP contribution >= 0.6 is 15.9 Å². The molecule has 6 heteroatoms. The first-order valence-electron chi connectivity index (χ1n) is 6.39. The number of nitrogens with one attached hydrogen (secondary N) is 1. The van der Waals surface area contributed by atoms with Gasteiger partial charge in [0.1, 0.15) is 11.7 Å². The van der Waals surface area contributed by atoms with Gasteiger partial charge in [0.2, 0.25) is 5.91 Å². The number of aryl methyl sites for hydroxylation is 1. The van der Waals surface area contributed by atoms with Gasteiger partial charge in [-0.1, -0.05) is 0 Å². The second-order valence-corrected chi connectivity index (χ2v) is 5.69. The molecule has 19 heavy (non-hydrogen) atoms. The van der Waals surface area contributed by atoms with Crippen LogP contribution in [0.3, 0.4) is 0 Å². The van der Waals surface area contributed by atoms with Gasteiger partial charge >= 0.3 is 0 Å². The van der Waals surface area contributed by atoms with E-state index >= 15 is 0 Å². The first-order valence-corrected chi connectivity index (χ1v) is 7.18. The average Bonchev–Trinajstić information content (AvgIpc) is 2.76. The molecule has 1 aromatic heterocycles. The highest BCUT2D eigenvalue weighted by Gasteiger charge is 2.32. The highest BCUT2D eigenvalue weighted by atomic mass is 79.9. The normalized spacial score (nSPS) is 19.3. The van der Waals surface area contributed by atoms with E-state index in [9.17, 15) is 9.59 Å². The Bertz CT molecular complexity index is 498. The lowest BCUT2D eigenvalue weighted by Gasteiger charge is -2.34. The number of likely N-dealkylation sites (N-methyl/N-ethyl adjacent to an activating group) is 1. The first-order chi connectivity index (χ1) is 9.04. The Morgan fingerprint density at radius 3 is 2.74 bits per heavy atom. The predicted octanol–water partition coefficient (Wildman–Crippen LogP) is 1.53. The summed E-state index contributed by atoms with van der Waals surface area (Å²) in [6.07, 6.45) is 4.51. The van der Waals surface area contributed by atoms with Gasteiger partial charge in [0.15, 0.2) is 0 Å². The van der Waals surface area contributed by atoms with Crippen LogP contribution in [0.4, 0.5) is 0 Å². The third kappa shape index (κ3) is 2.83. The average molecular weight is 328 g/mol. The molecule has 0 aliphatic carbocycles. The zero-order chi connectivity index (χ0) is 14.0. The Morgan fingerprint density at radius 2 is 2.16 bits per heavy atom. The summed E-state index contributed by atoms with van der Waals surface area (Å²) in [5.41, 5.74) is 0.600. The van der Waals surface area contributed by atoms with E-state index in [1.165, 1.54) is 0 Å². The fourth-order valence-electron chi connectivity index (χ4n) is 2.50. The van der Waals surface area contributed by atoms with Crippen molar-refractivity contribution in [1.82, 2.24) is 14.8 Å². The molecule has 0 radical (unpaired) electrons. The number of carbonyl (C=O) groups excluding carboxylic acids is 2. The maximum Gasteiger partial charge on any atom is 0.271 e. The number of aromatic nitrogens is 1. The quantitative estimate of drug-likeness (QED) is 0.895. The minimum atomic E-state index is -0.347. The van der Waals surface area contributed by atoms with E-state index in [1.54, 1.807) is 22.6 Å². The third-order valence-electron chi connectivity index (χ3n) is 3.50. The van der Waals surface area contributed by atoms with Crippen LogP contribution in [-0.4, -0.2) is 40.9 Å². The van der Waals surface area contributed by atoms with Gasteiger partial charge in [-0.3, -0.25) is 9.59 Å². The number of halogens is 1. The standard InChI is InChI=1S/C13H18BrN3O2/c1-15-12(18)10-5-3-4-6-17(10)13(19)11-7-9(14)8-16(11)2/h7-8,10H,3-6H2,1-2H3,(H,15,18). The summed E-state index contributed by atoms with van der Waals surface area (Å²) in [7, 11) is 3.44. The van der Waals surface area contributed by atoms with Crippen molar-refractivity contribution in [2.45, 2.75) is 25.3 Å². The molecule has 1 aliphatic heterocycles. The lowest BCUT2D eigenvalue weighted by atomic mass is 10.0. The van der Waals surface area contributed by atoms with Crippen molar-refractivity contribution in [2.75, 3.05) is 13.6 Å². The van der Waals surface area contributed by atoms with Gasteiger partial charge in [0.05, 0.1) is 0 Å². The van der Waals surface area contributed by atoms with E-state index in [0.717, 1.165) is 23.7 Å². The van der Waals surface area contributed by atoms with Crippen LogP contribution in [0.5, 0.6) is 0 Å². The molecule has 1 N–H and O–H groups in total. The molecule has 5 nitrogen and oxygen atoms in total. The Kier molecular flexibility index (Phi) is 4.29. The van der Waals surface area contributed by atoms with Crippen molar-refractivity contribution >= 4 is 27.7 Å². The SMILES string of the molecule is CNC(=O)C1CCCCN1C(=O)c1cc(Br)cn1C. The molecular weight excluding hydrogens is 310 g/mol. The number of rotatable bonds is 2. The number of hydrogen-bond acceptors (Lipinski definition) is 2. The van der Waals surface area contributed by atoms with Crippen molar-refractivity contribution in [3.8, 4) is 0 Å². The van der Waals surface area contributed by atoms with E-state index < -0.39 is 0 Å². The first kappa shape index (κ1) is 14.1. The molecule has 2 rings (SSSR count). The molecule has 0 saturated carbocycles. The van der Waals surface area contributed by atoms with Gasteiger partial charge in [-0.05, 0) is 41.3 Å². The van der Waals surface area contributed by atoms with E-state index in [1.807, 2.05) is 13.2 Å². The molecular formula is C13H18BrN3O2. The highest BCUT2D eigenvalue weighted by molar-refractivity contribution is 9.10. The van der Waals surface area contributed by atoms with E-state index in [-0.39, 0.29) is 17.9 Å². The van der Waals surface area contributed by atoms with Crippen LogP contribution < -0.4 is 5.32 Å². The van der Waals surface area contributed by atoms with Gasteiger partial charge in [-0.25, -0.2) is 0 Å². The van der Waals surface area contributed by atoms with Gasteiger partial charge in [-0.15, -0.1) is 0 Å². The number of carbonyl (C=O) groups is 2. The predicted molar refractivity (Wildman–Crippen MR) is 75.9 cm³/mol. The number of hydrogen-bond donors (Lipinski definition) is 1. The summed E-state index contributed by atoms with van der Waals surface area (Å²) in [4.78, 5) is 26.1. The Morgan fingerprint density at radius 1 is 1.42 bits per heavy atom. The molecule has 2 heterocycles. The van der Waals surface area contributed by atoms with Crippen LogP contribution in [0.15, 0.2) is 16.7 Å². The van der Waals surface area contributed by atoms with E-state index in [4.69, 9.17) is 0 Å². The number of amides is 2.